The fourth-order valence-electron chi connectivity index (χ4n) is 3.40. The average Bonchev–Trinajstić information content (AvgIpc) is 2.38. The number of aryl methyl sites for hydroxylation is 3. The van der Waals surface area contributed by atoms with E-state index in [2.05, 4.69) is 45.3 Å². The number of hydrogen-bond acceptors (Lipinski definition) is 2. The molecule has 19 heavy (non-hydrogen) atoms. The van der Waals surface area contributed by atoms with Crippen LogP contribution >= 0.6 is 0 Å². The van der Waals surface area contributed by atoms with E-state index in [1.54, 1.807) is 0 Å². The van der Waals surface area contributed by atoms with E-state index in [-0.39, 0.29) is 6.10 Å². The second-order valence-corrected chi connectivity index (χ2v) is 6.13. The van der Waals surface area contributed by atoms with Crippen molar-refractivity contribution >= 4 is 0 Å². The maximum absolute atomic E-state index is 9.67. The third kappa shape index (κ3) is 3.18. The standard InChI is InChI=1S/C17H27NO/c1-11-9-13(3)16(10-12(11)2)17(18-4)14-5-7-15(19)8-6-14/h9-10,14-15,17-19H,5-8H2,1-4H3. The number of hydrogen-bond donors (Lipinski definition) is 2. The summed E-state index contributed by atoms with van der Waals surface area (Å²) in [6.45, 7) is 6.58. The Morgan fingerprint density at radius 2 is 1.58 bits per heavy atom. The lowest BCUT2D eigenvalue weighted by Crippen LogP contribution is -2.30. The van der Waals surface area contributed by atoms with Gasteiger partial charge in [0, 0.05) is 6.04 Å². The summed E-state index contributed by atoms with van der Waals surface area (Å²) >= 11 is 0. The van der Waals surface area contributed by atoms with Crippen LogP contribution in [-0.4, -0.2) is 18.3 Å². The first kappa shape index (κ1) is 14.5. The maximum Gasteiger partial charge on any atom is 0.0540 e. The van der Waals surface area contributed by atoms with Gasteiger partial charge in [0.25, 0.3) is 0 Å². The van der Waals surface area contributed by atoms with E-state index in [1.165, 1.54) is 22.3 Å². The van der Waals surface area contributed by atoms with Gasteiger partial charge in [-0.05, 0) is 81.7 Å². The Labute approximate surface area is 117 Å². The van der Waals surface area contributed by atoms with Crippen LogP contribution in [0.2, 0.25) is 0 Å². The number of nitrogens with one attached hydrogen (secondary N) is 1. The molecule has 0 radical (unpaired) electrons. The van der Waals surface area contributed by atoms with Crippen LogP contribution in [0, 0.1) is 26.7 Å². The molecular weight excluding hydrogens is 234 g/mol. The monoisotopic (exact) mass is 261 g/mol. The Morgan fingerprint density at radius 3 is 2.16 bits per heavy atom. The zero-order valence-electron chi connectivity index (χ0n) is 12.7. The normalized spacial score (nSPS) is 25.3. The Hall–Kier alpha value is -0.860. The van der Waals surface area contributed by atoms with Gasteiger partial charge in [0.15, 0.2) is 0 Å². The molecular formula is C17H27NO. The number of rotatable bonds is 3. The molecule has 1 unspecified atom stereocenters. The molecule has 1 aromatic rings. The van der Waals surface area contributed by atoms with Crippen LogP contribution in [0.1, 0.15) is 54.0 Å². The van der Waals surface area contributed by atoms with Gasteiger partial charge in [0.05, 0.1) is 6.10 Å². The summed E-state index contributed by atoms with van der Waals surface area (Å²) in [5.41, 5.74) is 5.56. The molecule has 2 heteroatoms. The highest BCUT2D eigenvalue weighted by Gasteiger charge is 2.27. The Balaban J connectivity index is 2.24. The van der Waals surface area contributed by atoms with Crippen molar-refractivity contribution in [3.8, 4) is 0 Å². The van der Waals surface area contributed by atoms with Crippen LogP contribution in [0.3, 0.4) is 0 Å². The molecule has 2 rings (SSSR count). The Kier molecular flexibility index (Phi) is 4.64. The first-order valence-corrected chi connectivity index (χ1v) is 7.46. The van der Waals surface area contributed by atoms with Crippen molar-refractivity contribution < 1.29 is 5.11 Å². The number of aliphatic hydroxyl groups excluding tert-OH is 1. The quantitative estimate of drug-likeness (QED) is 0.874. The molecule has 1 fully saturated rings. The lowest BCUT2D eigenvalue weighted by molar-refractivity contribution is 0.0980. The summed E-state index contributed by atoms with van der Waals surface area (Å²) < 4.78 is 0. The second kappa shape index (κ2) is 6.06. The van der Waals surface area contributed by atoms with E-state index in [0.717, 1.165) is 25.7 Å². The van der Waals surface area contributed by atoms with Crippen LogP contribution in [-0.2, 0) is 0 Å². The number of aliphatic hydroxyl groups is 1. The largest absolute Gasteiger partial charge is 0.393 e. The molecule has 0 aromatic heterocycles. The van der Waals surface area contributed by atoms with Gasteiger partial charge in [0.2, 0.25) is 0 Å². The van der Waals surface area contributed by atoms with E-state index >= 15 is 0 Å². The first-order chi connectivity index (χ1) is 9.02. The van der Waals surface area contributed by atoms with E-state index in [9.17, 15) is 5.11 Å². The van der Waals surface area contributed by atoms with Crippen molar-refractivity contribution in [2.75, 3.05) is 7.05 Å². The van der Waals surface area contributed by atoms with E-state index in [4.69, 9.17) is 0 Å². The molecule has 0 spiro atoms. The van der Waals surface area contributed by atoms with Crippen molar-refractivity contribution in [2.24, 2.45) is 5.92 Å². The molecule has 2 nitrogen and oxygen atoms in total. The van der Waals surface area contributed by atoms with Crippen LogP contribution in [0.4, 0.5) is 0 Å². The Morgan fingerprint density at radius 1 is 1.00 bits per heavy atom. The summed E-state index contributed by atoms with van der Waals surface area (Å²) in [4.78, 5) is 0. The molecule has 1 aromatic carbocycles. The van der Waals surface area contributed by atoms with Crippen LogP contribution in [0.5, 0.6) is 0 Å². The molecule has 0 saturated heterocycles. The zero-order valence-corrected chi connectivity index (χ0v) is 12.7. The van der Waals surface area contributed by atoms with E-state index < -0.39 is 0 Å². The van der Waals surface area contributed by atoms with Gasteiger partial charge < -0.3 is 10.4 Å². The topological polar surface area (TPSA) is 32.3 Å². The van der Waals surface area contributed by atoms with Gasteiger partial charge in [-0.3, -0.25) is 0 Å². The minimum atomic E-state index is -0.0744. The molecule has 1 aliphatic rings. The van der Waals surface area contributed by atoms with Crippen molar-refractivity contribution in [3.05, 3.63) is 34.4 Å². The van der Waals surface area contributed by atoms with Crippen molar-refractivity contribution in [1.29, 1.82) is 0 Å². The lowest BCUT2D eigenvalue weighted by atomic mass is 9.78. The van der Waals surface area contributed by atoms with Gasteiger partial charge in [-0.15, -0.1) is 0 Å². The van der Waals surface area contributed by atoms with Crippen LogP contribution < -0.4 is 5.32 Å². The minimum absolute atomic E-state index is 0.0744. The maximum atomic E-state index is 9.67. The lowest BCUT2D eigenvalue weighted by Gasteiger charge is -2.33. The summed E-state index contributed by atoms with van der Waals surface area (Å²) in [6.07, 6.45) is 4.08. The van der Waals surface area contributed by atoms with Crippen LogP contribution in [0.25, 0.3) is 0 Å². The molecule has 0 amide bonds. The third-order valence-corrected chi connectivity index (χ3v) is 4.74. The number of benzene rings is 1. The van der Waals surface area contributed by atoms with Crippen molar-refractivity contribution in [2.45, 2.75) is 58.6 Å². The molecule has 0 aliphatic heterocycles. The summed E-state index contributed by atoms with van der Waals surface area (Å²) in [5, 5.41) is 13.2. The van der Waals surface area contributed by atoms with Gasteiger partial charge in [-0.1, -0.05) is 12.1 Å². The first-order valence-electron chi connectivity index (χ1n) is 7.46. The van der Waals surface area contributed by atoms with Crippen molar-refractivity contribution in [3.63, 3.8) is 0 Å². The predicted octanol–water partition coefficient (Wildman–Crippen LogP) is 3.42. The van der Waals surface area contributed by atoms with Gasteiger partial charge in [-0.2, -0.15) is 0 Å². The summed E-state index contributed by atoms with van der Waals surface area (Å²) in [5.74, 6) is 0.647. The SMILES string of the molecule is CNC(c1cc(C)c(C)cc1C)C1CCC(O)CC1. The van der Waals surface area contributed by atoms with Crippen LogP contribution in [0.15, 0.2) is 12.1 Å². The van der Waals surface area contributed by atoms with Gasteiger partial charge >= 0.3 is 0 Å². The second-order valence-electron chi connectivity index (χ2n) is 6.13. The molecule has 106 valence electrons. The fraction of sp³-hybridized carbons (Fsp3) is 0.647. The van der Waals surface area contributed by atoms with E-state index in [0.29, 0.717) is 12.0 Å². The summed E-state index contributed by atoms with van der Waals surface area (Å²) in [7, 11) is 2.06. The average molecular weight is 261 g/mol. The molecule has 2 N–H and O–H groups in total. The van der Waals surface area contributed by atoms with Crippen molar-refractivity contribution in [1.82, 2.24) is 5.32 Å². The zero-order chi connectivity index (χ0) is 14.0. The summed E-state index contributed by atoms with van der Waals surface area (Å²) in [6, 6.07) is 5.07. The molecule has 0 bridgehead atoms. The Bertz CT molecular complexity index is 433. The molecule has 0 heterocycles. The highest BCUT2D eigenvalue weighted by atomic mass is 16.3. The van der Waals surface area contributed by atoms with Gasteiger partial charge in [-0.25, -0.2) is 0 Å². The smallest absolute Gasteiger partial charge is 0.0540 e. The third-order valence-electron chi connectivity index (χ3n) is 4.74. The molecule has 1 saturated carbocycles. The highest BCUT2D eigenvalue weighted by molar-refractivity contribution is 5.38. The van der Waals surface area contributed by atoms with Gasteiger partial charge in [0.1, 0.15) is 0 Å². The van der Waals surface area contributed by atoms with E-state index in [1.807, 2.05) is 0 Å². The molecule has 1 aliphatic carbocycles. The fourth-order valence-corrected chi connectivity index (χ4v) is 3.40. The predicted molar refractivity (Wildman–Crippen MR) is 80.4 cm³/mol. The minimum Gasteiger partial charge on any atom is -0.393 e. The molecule has 1 atom stereocenters. The highest BCUT2D eigenvalue weighted by Crippen LogP contribution is 2.36.